The Morgan fingerprint density at radius 1 is 1.33 bits per heavy atom. The van der Waals surface area contributed by atoms with Crippen LogP contribution in [-0.4, -0.2) is 30.9 Å². The fraction of sp³-hybridized carbons (Fsp3) is 0.429. The molecule has 0 bridgehead atoms. The van der Waals surface area contributed by atoms with Gasteiger partial charge in [0.2, 0.25) is 0 Å². The van der Waals surface area contributed by atoms with Crippen LogP contribution in [0.4, 0.5) is 5.69 Å². The molecule has 7 nitrogen and oxygen atoms in total. The molecular weight excluding hydrogens is 272 g/mol. The Hall–Kier alpha value is -2.28. The van der Waals surface area contributed by atoms with E-state index < -0.39 is 11.0 Å². The van der Waals surface area contributed by atoms with Gasteiger partial charge in [0.15, 0.2) is 5.82 Å². The summed E-state index contributed by atoms with van der Waals surface area (Å²) in [5.41, 5.74) is 0.620. The van der Waals surface area contributed by atoms with Crippen molar-refractivity contribution >= 4 is 5.69 Å². The van der Waals surface area contributed by atoms with Crippen LogP contribution in [0.5, 0.6) is 0 Å². The highest BCUT2D eigenvalue weighted by atomic mass is 16.6. The molecule has 2 aromatic rings. The van der Waals surface area contributed by atoms with Gasteiger partial charge in [-0.05, 0) is 12.8 Å². The average molecular weight is 288 g/mol. The number of aliphatic hydroxyl groups is 1. The maximum Gasteiger partial charge on any atom is 0.270 e. The summed E-state index contributed by atoms with van der Waals surface area (Å²) in [5, 5.41) is 25.2. The SMILES string of the molecule is O=[N+]([O-])c1cccc(-c2ncn([C@@H]3CCCC[C@H]3O)n2)c1. The van der Waals surface area contributed by atoms with Gasteiger partial charge in [-0.1, -0.05) is 25.0 Å². The van der Waals surface area contributed by atoms with Crippen molar-refractivity contribution in [2.75, 3.05) is 0 Å². The quantitative estimate of drug-likeness (QED) is 0.691. The Bertz CT molecular complexity index is 655. The molecule has 1 aromatic carbocycles. The molecule has 2 atom stereocenters. The second kappa shape index (κ2) is 5.61. The van der Waals surface area contributed by atoms with Gasteiger partial charge in [0, 0.05) is 17.7 Å². The van der Waals surface area contributed by atoms with Gasteiger partial charge in [0.05, 0.1) is 17.1 Å². The van der Waals surface area contributed by atoms with Gasteiger partial charge in [0.1, 0.15) is 6.33 Å². The lowest BCUT2D eigenvalue weighted by Crippen LogP contribution is -2.27. The zero-order valence-electron chi connectivity index (χ0n) is 11.4. The van der Waals surface area contributed by atoms with Crippen LogP contribution in [0.2, 0.25) is 0 Å². The van der Waals surface area contributed by atoms with E-state index in [-0.39, 0.29) is 11.7 Å². The van der Waals surface area contributed by atoms with Crippen molar-refractivity contribution in [3.8, 4) is 11.4 Å². The Morgan fingerprint density at radius 2 is 2.14 bits per heavy atom. The minimum absolute atomic E-state index is 0.0153. The summed E-state index contributed by atoms with van der Waals surface area (Å²) < 4.78 is 1.68. The molecule has 0 amide bonds. The van der Waals surface area contributed by atoms with Crippen molar-refractivity contribution in [1.29, 1.82) is 0 Å². The van der Waals surface area contributed by atoms with Crippen molar-refractivity contribution in [1.82, 2.24) is 14.8 Å². The van der Waals surface area contributed by atoms with Crippen LogP contribution < -0.4 is 0 Å². The first-order chi connectivity index (χ1) is 10.1. The summed E-state index contributed by atoms with van der Waals surface area (Å²) >= 11 is 0. The summed E-state index contributed by atoms with van der Waals surface area (Å²) in [6.45, 7) is 0. The highest BCUT2D eigenvalue weighted by Crippen LogP contribution is 2.29. The normalized spacial score (nSPS) is 22.1. The molecule has 0 spiro atoms. The van der Waals surface area contributed by atoms with E-state index in [1.807, 2.05) is 0 Å². The zero-order valence-corrected chi connectivity index (χ0v) is 11.4. The minimum atomic E-state index is -0.439. The number of nitro benzene ring substituents is 1. The second-order valence-corrected chi connectivity index (χ2v) is 5.27. The third kappa shape index (κ3) is 2.78. The Kier molecular flexibility index (Phi) is 3.66. The fourth-order valence-electron chi connectivity index (χ4n) is 2.73. The first-order valence-corrected chi connectivity index (χ1v) is 6.99. The number of hydrogen-bond donors (Lipinski definition) is 1. The van der Waals surface area contributed by atoms with E-state index in [1.165, 1.54) is 12.1 Å². The molecule has 21 heavy (non-hydrogen) atoms. The van der Waals surface area contributed by atoms with Gasteiger partial charge in [-0.25, -0.2) is 9.67 Å². The highest BCUT2D eigenvalue weighted by molar-refractivity contribution is 5.58. The zero-order chi connectivity index (χ0) is 14.8. The van der Waals surface area contributed by atoms with E-state index >= 15 is 0 Å². The first-order valence-electron chi connectivity index (χ1n) is 6.99. The number of rotatable bonds is 3. The second-order valence-electron chi connectivity index (χ2n) is 5.27. The predicted molar refractivity (Wildman–Crippen MR) is 75.6 cm³/mol. The summed E-state index contributed by atoms with van der Waals surface area (Å²) in [5.74, 6) is 0.441. The van der Waals surface area contributed by atoms with Crippen LogP contribution in [0.3, 0.4) is 0 Å². The Balaban J connectivity index is 1.87. The number of hydrogen-bond acceptors (Lipinski definition) is 5. The van der Waals surface area contributed by atoms with E-state index in [2.05, 4.69) is 10.1 Å². The van der Waals surface area contributed by atoms with Crippen molar-refractivity contribution < 1.29 is 10.0 Å². The summed E-state index contributed by atoms with van der Waals surface area (Å²) in [6.07, 6.45) is 4.93. The molecule has 1 fully saturated rings. The van der Waals surface area contributed by atoms with E-state index in [4.69, 9.17) is 0 Å². The largest absolute Gasteiger partial charge is 0.391 e. The molecule has 3 rings (SSSR count). The molecule has 1 saturated carbocycles. The standard InChI is InChI=1S/C14H16N4O3/c19-13-7-2-1-6-12(13)17-9-15-14(16-17)10-4-3-5-11(8-10)18(20)21/h3-5,8-9,12-13,19H,1-2,6-7H2/t12-,13-/m1/s1. The number of non-ortho nitro benzene ring substituents is 1. The lowest BCUT2D eigenvalue weighted by molar-refractivity contribution is -0.384. The van der Waals surface area contributed by atoms with E-state index in [1.54, 1.807) is 23.1 Å². The first kappa shape index (κ1) is 13.7. The molecule has 0 unspecified atom stereocenters. The van der Waals surface area contributed by atoms with Crippen LogP contribution in [0, 0.1) is 10.1 Å². The number of nitro groups is 1. The molecule has 1 heterocycles. The molecule has 0 radical (unpaired) electrons. The third-order valence-corrected chi connectivity index (χ3v) is 3.86. The van der Waals surface area contributed by atoms with Gasteiger partial charge in [-0.3, -0.25) is 10.1 Å². The van der Waals surface area contributed by atoms with Gasteiger partial charge >= 0.3 is 0 Å². The van der Waals surface area contributed by atoms with Crippen LogP contribution in [0.15, 0.2) is 30.6 Å². The number of aliphatic hydroxyl groups excluding tert-OH is 1. The lowest BCUT2D eigenvalue weighted by atomic mass is 9.93. The smallest absolute Gasteiger partial charge is 0.270 e. The number of nitrogens with zero attached hydrogens (tertiary/aromatic N) is 4. The van der Waals surface area contributed by atoms with Crippen LogP contribution in [0.25, 0.3) is 11.4 Å². The lowest BCUT2D eigenvalue weighted by Gasteiger charge is -2.27. The third-order valence-electron chi connectivity index (χ3n) is 3.86. The van der Waals surface area contributed by atoms with Gasteiger partial charge in [0.25, 0.3) is 5.69 Å². The van der Waals surface area contributed by atoms with Crippen LogP contribution >= 0.6 is 0 Å². The Labute approximate surface area is 121 Å². The predicted octanol–water partition coefficient (Wildman–Crippen LogP) is 2.33. The summed E-state index contributed by atoms with van der Waals surface area (Å²) in [4.78, 5) is 14.6. The van der Waals surface area contributed by atoms with Crippen molar-refractivity contribution in [3.05, 3.63) is 40.7 Å². The van der Waals surface area contributed by atoms with E-state index in [9.17, 15) is 15.2 Å². The van der Waals surface area contributed by atoms with Crippen molar-refractivity contribution in [2.45, 2.75) is 37.8 Å². The van der Waals surface area contributed by atoms with Gasteiger partial charge in [-0.15, -0.1) is 0 Å². The molecule has 110 valence electrons. The van der Waals surface area contributed by atoms with Gasteiger partial charge < -0.3 is 5.11 Å². The maximum atomic E-state index is 10.8. The molecule has 1 aliphatic rings. The Morgan fingerprint density at radius 3 is 2.90 bits per heavy atom. The monoisotopic (exact) mass is 288 g/mol. The van der Waals surface area contributed by atoms with Gasteiger partial charge in [-0.2, -0.15) is 5.10 Å². The molecule has 1 N–H and O–H groups in total. The topological polar surface area (TPSA) is 94.1 Å². The highest BCUT2D eigenvalue weighted by Gasteiger charge is 2.25. The van der Waals surface area contributed by atoms with Crippen LogP contribution in [-0.2, 0) is 0 Å². The average Bonchev–Trinajstić information content (AvgIpc) is 2.97. The minimum Gasteiger partial charge on any atom is -0.391 e. The molecule has 7 heteroatoms. The molecule has 0 saturated heterocycles. The molecular formula is C14H16N4O3. The van der Waals surface area contributed by atoms with E-state index in [0.717, 1.165) is 25.7 Å². The van der Waals surface area contributed by atoms with E-state index in [0.29, 0.717) is 11.4 Å². The number of aromatic nitrogens is 3. The fourth-order valence-corrected chi connectivity index (χ4v) is 2.73. The van der Waals surface area contributed by atoms with Crippen molar-refractivity contribution in [3.63, 3.8) is 0 Å². The number of benzene rings is 1. The van der Waals surface area contributed by atoms with Crippen molar-refractivity contribution in [2.24, 2.45) is 0 Å². The maximum absolute atomic E-state index is 10.8. The molecule has 1 aromatic heterocycles. The summed E-state index contributed by atoms with van der Waals surface area (Å²) in [6, 6.07) is 6.19. The molecule has 0 aliphatic heterocycles. The summed E-state index contributed by atoms with van der Waals surface area (Å²) in [7, 11) is 0. The van der Waals surface area contributed by atoms with Crippen LogP contribution in [0.1, 0.15) is 31.7 Å². The molecule has 1 aliphatic carbocycles.